The molecule has 8 heteroatoms. The minimum atomic E-state index is -0.347. The quantitative estimate of drug-likeness (QED) is 0.660. The van der Waals surface area contributed by atoms with Gasteiger partial charge < -0.3 is 16.0 Å². The molecule has 126 valence electrons. The third kappa shape index (κ3) is 4.71. The maximum absolute atomic E-state index is 13.2. The number of hydrogen-bond acceptors (Lipinski definition) is 6. The fourth-order valence-corrected chi connectivity index (χ4v) is 2.14. The van der Waals surface area contributed by atoms with E-state index >= 15 is 0 Å². The predicted molar refractivity (Wildman–Crippen MR) is 93.5 cm³/mol. The Morgan fingerprint density at radius 3 is 2.48 bits per heavy atom. The lowest BCUT2D eigenvalue weighted by Gasteiger charge is -2.09. The molecule has 0 fully saturated rings. The fraction of sp³-hybridized carbons (Fsp3) is 0.0588. The number of anilines is 5. The van der Waals surface area contributed by atoms with Crippen LogP contribution in [0.4, 0.5) is 33.2 Å². The molecular weight excluding hydrogens is 323 g/mol. The Morgan fingerprint density at radius 2 is 1.72 bits per heavy atom. The van der Waals surface area contributed by atoms with Gasteiger partial charge in [-0.1, -0.05) is 12.1 Å². The maximum atomic E-state index is 13.2. The van der Waals surface area contributed by atoms with Crippen LogP contribution in [0.1, 0.15) is 6.92 Å². The SMILES string of the molecule is CC(=O)Nc1cccc(Nc2nncc(Nc3cccc(F)c3)n2)c1. The van der Waals surface area contributed by atoms with Crippen LogP contribution in [0.5, 0.6) is 0 Å². The van der Waals surface area contributed by atoms with Gasteiger partial charge in [0, 0.05) is 24.0 Å². The van der Waals surface area contributed by atoms with Crippen molar-refractivity contribution in [2.75, 3.05) is 16.0 Å². The number of carbonyl (C=O) groups excluding carboxylic acids is 1. The summed E-state index contributed by atoms with van der Waals surface area (Å²) in [6.07, 6.45) is 1.43. The molecule has 3 N–H and O–H groups in total. The van der Waals surface area contributed by atoms with Crippen LogP contribution in [-0.2, 0) is 4.79 Å². The first-order chi connectivity index (χ1) is 12.1. The highest BCUT2D eigenvalue weighted by Crippen LogP contribution is 2.19. The largest absolute Gasteiger partial charge is 0.339 e. The van der Waals surface area contributed by atoms with Crippen LogP contribution in [0.3, 0.4) is 0 Å². The van der Waals surface area contributed by atoms with Crippen LogP contribution < -0.4 is 16.0 Å². The van der Waals surface area contributed by atoms with Gasteiger partial charge in [0.1, 0.15) is 5.82 Å². The summed E-state index contributed by atoms with van der Waals surface area (Å²) in [6, 6.07) is 13.1. The minimum absolute atomic E-state index is 0.156. The summed E-state index contributed by atoms with van der Waals surface area (Å²) in [6.45, 7) is 1.44. The maximum Gasteiger partial charge on any atom is 0.249 e. The van der Waals surface area contributed by atoms with Gasteiger partial charge in [-0.05, 0) is 36.4 Å². The average Bonchev–Trinajstić information content (AvgIpc) is 2.55. The normalized spacial score (nSPS) is 10.2. The summed E-state index contributed by atoms with van der Waals surface area (Å²) in [5.41, 5.74) is 1.90. The zero-order valence-electron chi connectivity index (χ0n) is 13.3. The molecule has 0 spiro atoms. The van der Waals surface area contributed by atoms with Crippen molar-refractivity contribution in [3.8, 4) is 0 Å². The molecule has 0 aliphatic rings. The first-order valence-corrected chi connectivity index (χ1v) is 7.45. The summed E-state index contributed by atoms with van der Waals surface area (Å²) >= 11 is 0. The molecule has 0 saturated heterocycles. The topological polar surface area (TPSA) is 91.8 Å². The Labute approximate surface area is 143 Å². The van der Waals surface area contributed by atoms with E-state index in [1.54, 1.807) is 36.4 Å². The zero-order chi connectivity index (χ0) is 17.6. The molecule has 0 atom stereocenters. The predicted octanol–water partition coefficient (Wildman–Crippen LogP) is 3.46. The highest BCUT2D eigenvalue weighted by atomic mass is 19.1. The molecule has 1 amide bonds. The van der Waals surface area contributed by atoms with E-state index in [4.69, 9.17) is 0 Å². The van der Waals surface area contributed by atoms with E-state index in [-0.39, 0.29) is 17.7 Å². The fourth-order valence-electron chi connectivity index (χ4n) is 2.14. The lowest BCUT2D eigenvalue weighted by atomic mass is 10.3. The first-order valence-electron chi connectivity index (χ1n) is 7.45. The molecule has 3 aromatic rings. The van der Waals surface area contributed by atoms with Gasteiger partial charge in [-0.2, -0.15) is 10.1 Å². The summed E-state index contributed by atoms with van der Waals surface area (Å²) in [4.78, 5) is 15.4. The molecule has 1 aromatic heterocycles. The molecule has 0 radical (unpaired) electrons. The lowest BCUT2D eigenvalue weighted by molar-refractivity contribution is -0.114. The molecule has 0 aliphatic heterocycles. The highest BCUT2D eigenvalue weighted by molar-refractivity contribution is 5.89. The van der Waals surface area contributed by atoms with E-state index in [0.29, 0.717) is 22.9 Å². The number of benzene rings is 2. The van der Waals surface area contributed by atoms with E-state index in [2.05, 4.69) is 31.1 Å². The van der Waals surface area contributed by atoms with Crippen molar-refractivity contribution >= 4 is 34.7 Å². The molecule has 25 heavy (non-hydrogen) atoms. The number of hydrogen-bond donors (Lipinski definition) is 3. The van der Waals surface area contributed by atoms with E-state index < -0.39 is 0 Å². The first kappa shape index (κ1) is 16.3. The van der Waals surface area contributed by atoms with Crippen LogP contribution in [-0.4, -0.2) is 21.1 Å². The van der Waals surface area contributed by atoms with Gasteiger partial charge in [0.25, 0.3) is 0 Å². The van der Waals surface area contributed by atoms with Crippen LogP contribution in [0.15, 0.2) is 54.7 Å². The smallest absolute Gasteiger partial charge is 0.249 e. The van der Waals surface area contributed by atoms with Crippen LogP contribution in [0.25, 0.3) is 0 Å². The van der Waals surface area contributed by atoms with Crippen LogP contribution in [0.2, 0.25) is 0 Å². The Morgan fingerprint density at radius 1 is 1.00 bits per heavy atom. The molecule has 2 aromatic carbocycles. The third-order valence-electron chi connectivity index (χ3n) is 3.09. The van der Waals surface area contributed by atoms with E-state index in [1.807, 2.05) is 0 Å². The molecular formula is C17H15FN6O. The van der Waals surface area contributed by atoms with Crippen LogP contribution in [0, 0.1) is 5.82 Å². The molecule has 1 heterocycles. The molecule has 0 unspecified atom stereocenters. The van der Waals surface area contributed by atoms with Crippen molar-refractivity contribution in [3.05, 3.63) is 60.5 Å². The number of aromatic nitrogens is 3. The van der Waals surface area contributed by atoms with E-state index in [0.717, 1.165) is 0 Å². The van der Waals surface area contributed by atoms with Gasteiger partial charge in [0.05, 0.1) is 6.20 Å². The summed E-state index contributed by atoms with van der Waals surface area (Å²) in [5.74, 6) is 0.180. The number of nitrogens with zero attached hydrogens (tertiary/aromatic N) is 3. The van der Waals surface area contributed by atoms with Crippen molar-refractivity contribution in [1.82, 2.24) is 15.2 Å². The number of nitrogens with one attached hydrogen (secondary N) is 3. The Bertz CT molecular complexity index is 902. The van der Waals surface area contributed by atoms with E-state index in [1.165, 1.54) is 25.3 Å². The van der Waals surface area contributed by atoms with Gasteiger partial charge in [-0.25, -0.2) is 4.39 Å². The van der Waals surface area contributed by atoms with Gasteiger partial charge in [-0.3, -0.25) is 4.79 Å². The second kappa shape index (κ2) is 7.35. The second-order valence-electron chi connectivity index (χ2n) is 5.19. The standard InChI is InChI=1S/C17H15FN6O/c1-11(25)20-14-6-3-7-15(9-14)22-17-23-16(10-19-24-17)21-13-5-2-4-12(18)8-13/h2-10H,1H3,(H,20,25)(H2,21,22,23,24). The summed E-state index contributed by atoms with van der Waals surface area (Å²) in [7, 11) is 0. The van der Waals surface area contributed by atoms with Crippen molar-refractivity contribution in [2.24, 2.45) is 0 Å². The number of halogens is 1. The number of amides is 1. The van der Waals surface area contributed by atoms with Crippen molar-refractivity contribution < 1.29 is 9.18 Å². The molecule has 7 nitrogen and oxygen atoms in total. The molecule has 0 bridgehead atoms. The Kier molecular flexibility index (Phi) is 4.79. The van der Waals surface area contributed by atoms with Gasteiger partial charge in [-0.15, -0.1) is 5.10 Å². The highest BCUT2D eigenvalue weighted by Gasteiger charge is 2.04. The van der Waals surface area contributed by atoms with Crippen molar-refractivity contribution in [3.63, 3.8) is 0 Å². The van der Waals surface area contributed by atoms with Crippen molar-refractivity contribution in [1.29, 1.82) is 0 Å². The average molecular weight is 338 g/mol. The summed E-state index contributed by atoms with van der Waals surface area (Å²) in [5, 5.41) is 16.4. The van der Waals surface area contributed by atoms with Crippen LogP contribution >= 0.6 is 0 Å². The third-order valence-corrected chi connectivity index (χ3v) is 3.09. The second-order valence-corrected chi connectivity index (χ2v) is 5.19. The van der Waals surface area contributed by atoms with Gasteiger partial charge >= 0.3 is 0 Å². The Hall–Kier alpha value is -3.55. The zero-order valence-corrected chi connectivity index (χ0v) is 13.3. The van der Waals surface area contributed by atoms with Crippen molar-refractivity contribution in [2.45, 2.75) is 6.92 Å². The number of carbonyl (C=O) groups is 1. The molecule has 0 saturated carbocycles. The minimum Gasteiger partial charge on any atom is -0.339 e. The van der Waals surface area contributed by atoms with Gasteiger partial charge in [0.15, 0.2) is 5.82 Å². The lowest BCUT2D eigenvalue weighted by Crippen LogP contribution is -2.06. The molecule has 3 rings (SSSR count). The number of rotatable bonds is 5. The summed E-state index contributed by atoms with van der Waals surface area (Å²) < 4.78 is 13.2. The monoisotopic (exact) mass is 338 g/mol. The Balaban J connectivity index is 1.74. The van der Waals surface area contributed by atoms with Gasteiger partial charge in [0.2, 0.25) is 11.9 Å². The molecule has 0 aliphatic carbocycles. The van der Waals surface area contributed by atoms with E-state index in [9.17, 15) is 9.18 Å².